The maximum atomic E-state index is 11.5. The highest BCUT2D eigenvalue weighted by Crippen LogP contribution is 2.28. The highest BCUT2D eigenvalue weighted by atomic mass is 32.2. The summed E-state index contributed by atoms with van der Waals surface area (Å²) in [5, 5.41) is 7.85. The monoisotopic (exact) mass is 299 g/mol. The minimum absolute atomic E-state index is 0.0193. The summed E-state index contributed by atoms with van der Waals surface area (Å²) in [6, 6.07) is 1.92. The van der Waals surface area contributed by atoms with Gasteiger partial charge >= 0.3 is 0 Å². The van der Waals surface area contributed by atoms with E-state index < -0.39 is 10.0 Å². The van der Waals surface area contributed by atoms with E-state index in [1.165, 1.54) is 10.6 Å². The number of aromatic nitrogens is 2. The molecule has 102 valence electrons. The topological polar surface area (TPSA) is 76.3 Å². The summed E-state index contributed by atoms with van der Waals surface area (Å²) < 4.78 is 29.6. The largest absolute Gasteiger partial charge is 0.334 e. The molecule has 8 heteroatoms. The fourth-order valence-corrected chi connectivity index (χ4v) is 3.66. The molecule has 19 heavy (non-hydrogen) atoms. The predicted molar refractivity (Wildman–Crippen MR) is 71.4 cm³/mol. The van der Waals surface area contributed by atoms with E-state index in [2.05, 4.69) is 10.1 Å². The van der Waals surface area contributed by atoms with Crippen molar-refractivity contribution in [2.24, 2.45) is 0 Å². The molecular formula is C11H13N3O3S2. The molecule has 0 N–H and O–H groups in total. The molecule has 0 amide bonds. The van der Waals surface area contributed by atoms with E-state index in [1.54, 1.807) is 11.3 Å². The first-order valence-electron chi connectivity index (χ1n) is 5.85. The Labute approximate surface area is 115 Å². The van der Waals surface area contributed by atoms with Crippen LogP contribution in [0.3, 0.4) is 0 Å². The molecule has 0 aliphatic carbocycles. The van der Waals surface area contributed by atoms with Gasteiger partial charge in [0.05, 0.1) is 11.8 Å². The number of thiophene rings is 1. The van der Waals surface area contributed by atoms with E-state index in [0.717, 1.165) is 12.0 Å². The van der Waals surface area contributed by atoms with Gasteiger partial charge in [-0.3, -0.25) is 0 Å². The maximum Gasteiger partial charge on any atom is 0.258 e. The van der Waals surface area contributed by atoms with Crippen molar-refractivity contribution < 1.29 is 12.9 Å². The van der Waals surface area contributed by atoms with Crippen molar-refractivity contribution in [3.63, 3.8) is 0 Å². The summed E-state index contributed by atoms with van der Waals surface area (Å²) in [7, 11) is -3.13. The summed E-state index contributed by atoms with van der Waals surface area (Å²) in [6.07, 6.45) is 1.96. The first-order chi connectivity index (χ1) is 9.04. The van der Waals surface area contributed by atoms with E-state index >= 15 is 0 Å². The van der Waals surface area contributed by atoms with Crippen LogP contribution in [0.1, 0.15) is 18.2 Å². The lowest BCUT2D eigenvalue weighted by Gasteiger charge is -2.11. The Kier molecular flexibility index (Phi) is 3.15. The summed E-state index contributed by atoms with van der Waals surface area (Å²) in [5.41, 5.74) is 0.904. The van der Waals surface area contributed by atoms with Gasteiger partial charge in [-0.15, -0.1) is 0 Å². The van der Waals surface area contributed by atoms with Crippen molar-refractivity contribution in [3.05, 3.63) is 22.7 Å². The zero-order valence-corrected chi connectivity index (χ0v) is 11.9. The fourth-order valence-electron chi connectivity index (χ4n) is 2.14. The smallest absolute Gasteiger partial charge is 0.258 e. The van der Waals surface area contributed by atoms with Crippen LogP contribution in [0.25, 0.3) is 11.5 Å². The fraction of sp³-hybridized carbons (Fsp3) is 0.455. The summed E-state index contributed by atoms with van der Waals surface area (Å²) >= 11 is 1.56. The molecule has 1 unspecified atom stereocenters. The third-order valence-corrected chi connectivity index (χ3v) is 5.15. The zero-order chi connectivity index (χ0) is 13.5. The van der Waals surface area contributed by atoms with Gasteiger partial charge < -0.3 is 4.52 Å². The number of hydrogen-bond acceptors (Lipinski definition) is 6. The molecular weight excluding hydrogens is 286 g/mol. The molecule has 2 aromatic rings. The van der Waals surface area contributed by atoms with Crippen molar-refractivity contribution in [2.45, 2.75) is 12.3 Å². The Morgan fingerprint density at radius 1 is 1.53 bits per heavy atom. The molecule has 6 nitrogen and oxygen atoms in total. The lowest BCUT2D eigenvalue weighted by atomic mass is 10.1. The highest BCUT2D eigenvalue weighted by Gasteiger charge is 2.32. The Hall–Kier alpha value is -1.25. The maximum absolute atomic E-state index is 11.5. The van der Waals surface area contributed by atoms with Gasteiger partial charge in [0, 0.05) is 24.4 Å². The summed E-state index contributed by atoms with van der Waals surface area (Å²) in [4.78, 5) is 4.36. The van der Waals surface area contributed by atoms with Crippen LogP contribution in [0.15, 0.2) is 21.3 Å². The minimum Gasteiger partial charge on any atom is -0.334 e. The first-order valence-corrected chi connectivity index (χ1v) is 8.64. The van der Waals surface area contributed by atoms with Gasteiger partial charge in [-0.1, -0.05) is 5.16 Å². The van der Waals surface area contributed by atoms with E-state index in [0.29, 0.717) is 24.8 Å². The van der Waals surface area contributed by atoms with Gasteiger partial charge in [-0.05, 0) is 17.9 Å². The van der Waals surface area contributed by atoms with Crippen LogP contribution in [0.5, 0.6) is 0 Å². The van der Waals surface area contributed by atoms with Crippen molar-refractivity contribution in [1.82, 2.24) is 14.4 Å². The molecule has 2 aromatic heterocycles. The van der Waals surface area contributed by atoms with Crippen LogP contribution in [-0.2, 0) is 10.0 Å². The average Bonchev–Trinajstić information content (AvgIpc) is 3.10. The van der Waals surface area contributed by atoms with Gasteiger partial charge in [0.25, 0.3) is 5.89 Å². The van der Waals surface area contributed by atoms with Crippen molar-refractivity contribution in [3.8, 4) is 11.5 Å². The molecule has 3 rings (SSSR count). The van der Waals surface area contributed by atoms with Crippen LogP contribution in [0.4, 0.5) is 0 Å². The second kappa shape index (κ2) is 4.69. The molecule has 3 heterocycles. The van der Waals surface area contributed by atoms with Crippen LogP contribution >= 0.6 is 11.3 Å². The molecule has 1 atom stereocenters. The summed E-state index contributed by atoms with van der Waals surface area (Å²) in [6.45, 7) is 0.952. The van der Waals surface area contributed by atoms with Gasteiger partial charge in [0.15, 0.2) is 5.82 Å². The predicted octanol–water partition coefficient (Wildman–Crippen LogP) is 1.55. The zero-order valence-electron chi connectivity index (χ0n) is 10.3. The molecule has 1 fully saturated rings. The van der Waals surface area contributed by atoms with Gasteiger partial charge in [0.2, 0.25) is 10.0 Å². The number of hydrogen-bond donors (Lipinski definition) is 0. The van der Waals surface area contributed by atoms with E-state index in [9.17, 15) is 8.42 Å². The Bertz CT molecular complexity index is 663. The lowest BCUT2D eigenvalue weighted by molar-refractivity contribution is 0.414. The Morgan fingerprint density at radius 3 is 3.00 bits per heavy atom. The van der Waals surface area contributed by atoms with Crippen LogP contribution in [-0.4, -0.2) is 42.2 Å². The third-order valence-electron chi connectivity index (χ3n) is 3.20. The number of nitrogens with zero attached hydrogens (tertiary/aromatic N) is 3. The van der Waals surface area contributed by atoms with E-state index in [4.69, 9.17) is 4.52 Å². The Balaban J connectivity index is 1.78. The molecule has 0 saturated carbocycles. The number of rotatable bonds is 3. The molecule has 0 spiro atoms. The molecule has 1 saturated heterocycles. The van der Waals surface area contributed by atoms with Gasteiger partial charge in [-0.2, -0.15) is 16.3 Å². The second-order valence-electron chi connectivity index (χ2n) is 4.58. The molecule has 0 radical (unpaired) electrons. The van der Waals surface area contributed by atoms with Crippen molar-refractivity contribution in [1.29, 1.82) is 0 Å². The van der Waals surface area contributed by atoms with Crippen molar-refractivity contribution >= 4 is 21.4 Å². The first kappa shape index (κ1) is 12.8. The van der Waals surface area contributed by atoms with E-state index in [1.807, 2.05) is 16.8 Å². The third kappa shape index (κ3) is 2.56. The molecule has 1 aliphatic rings. The highest BCUT2D eigenvalue weighted by molar-refractivity contribution is 7.88. The Morgan fingerprint density at radius 2 is 2.37 bits per heavy atom. The van der Waals surface area contributed by atoms with Crippen LogP contribution in [0.2, 0.25) is 0 Å². The van der Waals surface area contributed by atoms with Crippen LogP contribution < -0.4 is 0 Å². The lowest BCUT2D eigenvalue weighted by Crippen LogP contribution is -2.27. The molecule has 1 aliphatic heterocycles. The van der Waals surface area contributed by atoms with Gasteiger partial charge in [-0.25, -0.2) is 12.7 Å². The molecule has 0 bridgehead atoms. The summed E-state index contributed by atoms with van der Waals surface area (Å²) in [5.74, 6) is 1.10. The SMILES string of the molecule is CS(=O)(=O)N1CCC(c2noc(-c3ccsc3)n2)C1. The molecule has 0 aromatic carbocycles. The minimum atomic E-state index is -3.13. The normalized spacial score (nSPS) is 21.0. The quantitative estimate of drug-likeness (QED) is 0.859. The van der Waals surface area contributed by atoms with Crippen molar-refractivity contribution in [2.75, 3.05) is 19.3 Å². The number of sulfonamides is 1. The second-order valence-corrected chi connectivity index (χ2v) is 7.34. The van der Waals surface area contributed by atoms with Gasteiger partial charge in [0.1, 0.15) is 0 Å². The average molecular weight is 299 g/mol. The van der Waals surface area contributed by atoms with Crippen LogP contribution in [0, 0.1) is 0 Å². The van der Waals surface area contributed by atoms with E-state index in [-0.39, 0.29) is 5.92 Å². The standard InChI is InChI=1S/C11H13N3O3S2/c1-19(15,16)14-4-2-8(6-14)10-12-11(17-13-10)9-3-5-18-7-9/h3,5,7-8H,2,4,6H2,1H3.